The highest BCUT2D eigenvalue weighted by atomic mass is 16.5. The Hall–Kier alpha value is -5.60. The predicted octanol–water partition coefficient (Wildman–Crippen LogP) is 18.7. The van der Waals surface area contributed by atoms with E-state index in [0.29, 0.717) is 84.9 Å². The van der Waals surface area contributed by atoms with Crippen LogP contribution in [0.4, 0.5) is 0 Å². The molecule has 0 bridgehead atoms. The summed E-state index contributed by atoms with van der Waals surface area (Å²) in [5, 5.41) is 23.7. The molecule has 72 heavy (non-hydrogen) atoms. The quantitative estimate of drug-likeness (QED) is 0.0247. The molecule has 0 aliphatic rings. The molecule has 0 spiro atoms. The largest absolute Gasteiger partial charge is 0.494 e. The second-order valence-corrected chi connectivity index (χ2v) is 19.2. The molecule has 0 aromatic heterocycles. The average Bonchev–Trinajstić information content (AvgIpc) is 3.40. The Kier molecular flexibility index (Phi) is 29.8. The third-order valence-electron chi connectivity index (χ3n) is 13.0. The first-order chi connectivity index (χ1) is 35.5. The Balaban J connectivity index is 1.90. The smallest absolute Gasteiger partial charge is 0.135 e. The molecule has 0 atom stereocenters. The number of hydrogen-bond acceptors (Lipinski definition) is 8. The number of hydrogen-bond donors (Lipinski definition) is 0. The minimum absolute atomic E-state index is 0.454. The summed E-state index contributed by atoms with van der Waals surface area (Å²) in [4.78, 5) is 0. The molecule has 4 rings (SSSR count). The molecule has 0 unspecified atom stereocenters. The number of allylic oxidation sites excluding steroid dienone is 2. The van der Waals surface area contributed by atoms with Gasteiger partial charge >= 0.3 is 0 Å². The molecule has 8 nitrogen and oxygen atoms in total. The van der Waals surface area contributed by atoms with Crippen LogP contribution in [-0.2, 0) is 0 Å². The van der Waals surface area contributed by atoms with Crippen molar-refractivity contribution >= 4 is 34.1 Å². The van der Waals surface area contributed by atoms with Crippen molar-refractivity contribution in [2.24, 2.45) is 0 Å². The van der Waals surface area contributed by atoms with E-state index in [9.17, 15) is 10.5 Å². The minimum Gasteiger partial charge on any atom is -0.494 e. The maximum absolute atomic E-state index is 11.0. The van der Waals surface area contributed by atoms with Gasteiger partial charge in [0.2, 0.25) is 0 Å². The number of ether oxygens (including phenoxy) is 6. The van der Waals surface area contributed by atoms with Crippen LogP contribution in [0, 0.1) is 22.7 Å². The Morgan fingerprint density at radius 2 is 0.667 bits per heavy atom. The molecule has 0 N–H and O–H groups in total. The lowest BCUT2D eigenvalue weighted by Crippen LogP contribution is -2.04. The van der Waals surface area contributed by atoms with E-state index in [1.807, 2.05) is 72.8 Å². The summed E-state index contributed by atoms with van der Waals surface area (Å²) in [6.45, 7) is 16.7. The van der Waals surface area contributed by atoms with Gasteiger partial charge in [0.1, 0.15) is 34.5 Å². The topological polar surface area (TPSA) is 103 Å². The monoisotopic (exact) mass is 983 g/mol. The number of benzene rings is 4. The maximum atomic E-state index is 11.0. The highest BCUT2D eigenvalue weighted by Crippen LogP contribution is 2.43. The molecular weight excluding hydrogens is 893 g/mol. The summed E-state index contributed by atoms with van der Waals surface area (Å²) in [6.07, 6.45) is 29.9. The van der Waals surface area contributed by atoms with Crippen LogP contribution in [0.5, 0.6) is 34.5 Å². The van der Waals surface area contributed by atoms with Gasteiger partial charge in [-0.1, -0.05) is 157 Å². The second kappa shape index (κ2) is 36.3. The molecule has 0 amide bonds. The second-order valence-electron chi connectivity index (χ2n) is 19.2. The van der Waals surface area contributed by atoms with Crippen molar-refractivity contribution < 1.29 is 28.4 Å². The van der Waals surface area contributed by atoms with E-state index >= 15 is 0 Å². The first-order valence-electron chi connectivity index (χ1n) is 28.3. The van der Waals surface area contributed by atoms with Gasteiger partial charge in [-0.3, -0.25) is 0 Å². The summed E-state index contributed by atoms with van der Waals surface area (Å²) in [5.41, 5.74) is 3.85. The van der Waals surface area contributed by atoms with Gasteiger partial charge in [-0.15, -0.1) is 0 Å². The van der Waals surface area contributed by atoms with Crippen LogP contribution >= 0.6 is 0 Å². The number of fused-ring (bicyclic) bond motifs is 1. The van der Waals surface area contributed by atoms with Crippen LogP contribution in [0.3, 0.4) is 0 Å². The Morgan fingerprint density at radius 3 is 0.972 bits per heavy atom. The zero-order chi connectivity index (χ0) is 51.4. The fourth-order valence-electron chi connectivity index (χ4n) is 8.72. The van der Waals surface area contributed by atoms with Gasteiger partial charge in [0, 0.05) is 33.0 Å². The number of unbranched alkanes of at least 4 members (excludes halogenated alkanes) is 18. The van der Waals surface area contributed by atoms with E-state index in [4.69, 9.17) is 28.4 Å². The molecule has 0 radical (unpaired) electrons. The number of rotatable bonds is 40. The number of nitriles is 2. The molecule has 8 heteroatoms. The van der Waals surface area contributed by atoms with Crippen LogP contribution in [0.25, 0.3) is 34.1 Å². The van der Waals surface area contributed by atoms with Crippen molar-refractivity contribution in [3.05, 3.63) is 82.9 Å². The van der Waals surface area contributed by atoms with Gasteiger partial charge in [0.15, 0.2) is 0 Å². The highest BCUT2D eigenvalue weighted by molar-refractivity contribution is 6.05. The van der Waals surface area contributed by atoms with Gasteiger partial charge in [-0.05, 0) is 111 Å². The lowest BCUT2D eigenvalue weighted by molar-refractivity contribution is 0.296. The predicted molar refractivity (Wildman–Crippen MR) is 302 cm³/mol. The van der Waals surface area contributed by atoms with E-state index in [1.165, 1.54) is 38.5 Å². The summed E-state index contributed by atoms with van der Waals surface area (Å²) >= 11 is 0. The van der Waals surface area contributed by atoms with E-state index < -0.39 is 0 Å². The zero-order valence-electron chi connectivity index (χ0n) is 45.5. The van der Waals surface area contributed by atoms with Crippen LogP contribution in [-0.4, -0.2) is 39.6 Å². The molecular formula is C64H90N2O6. The molecule has 0 saturated carbocycles. The third kappa shape index (κ3) is 20.5. The van der Waals surface area contributed by atoms with Crippen LogP contribution < -0.4 is 28.4 Å². The van der Waals surface area contributed by atoms with E-state index in [0.717, 1.165) is 149 Å². The minimum atomic E-state index is 0.454. The molecule has 0 saturated heterocycles. The summed E-state index contributed by atoms with van der Waals surface area (Å²) in [7, 11) is 0. The molecule has 4 aromatic rings. The molecule has 4 aromatic carbocycles. The van der Waals surface area contributed by atoms with Crippen LogP contribution in [0.1, 0.15) is 218 Å². The van der Waals surface area contributed by atoms with Crippen molar-refractivity contribution in [3.8, 4) is 46.6 Å². The van der Waals surface area contributed by atoms with Gasteiger partial charge in [-0.25, -0.2) is 0 Å². The first-order valence-corrected chi connectivity index (χ1v) is 28.3. The normalized spacial score (nSPS) is 11.6. The van der Waals surface area contributed by atoms with Crippen LogP contribution in [0.2, 0.25) is 0 Å². The van der Waals surface area contributed by atoms with Crippen molar-refractivity contribution in [2.75, 3.05) is 39.6 Å². The summed E-state index contributed by atoms with van der Waals surface area (Å²) in [5.74, 6) is 4.18. The molecule has 0 aliphatic heterocycles. The standard InChI is InChI=1S/C64H90N2O6/c1-7-13-19-25-39-67-55-31-37-61(69-41-27-21-15-9-3)51(47-55)45-53(49-65)57-33-35-60-59(63(57)71-43-29-23-17-11-5)36-34-58(64(60)72-44-30-24-18-12-6)54(50-66)46-52-48-56(68-40-26-20-14-8-2)32-38-62(52)70-42-28-22-16-10-4/h31-38,45-48H,7-30,39-44H2,1-6H3/b53-45+,54-46+. The van der Waals surface area contributed by atoms with Gasteiger partial charge in [0.25, 0.3) is 0 Å². The van der Waals surface area contributed by atoms with Crippen LogP contribution in [0.15, 0.2) is 60.7 Å². The highest BCUT2D eigenvalue weighted by Gasteiger charge is 2.21. The zero-order valence-corrected chi connectivity index (χ0v) is 45.5. The Bertz CT molecular complexity index is 2140. The van der Waals surface area contributed by atoms with Gasteiger partial charge < -0.3 is 28.4 Å². The van der Waals surface area contributed by atoms with Gasteiger partial charge in [-0.2, -0.15) is 10.5 Å². The molecule has 0 heterocycles. The van der Waals surface area contributed by atoms with Crippen molar-refractivity contribution in [2.45, 2.75) is 196 Å². The average molecular weight is 983 g/mol. The fourth-order valence-corrected chi connectivity index (χ4v) is 8.72. The fraction of sp³-hybridized carbons (Fsp3) is 0.562. The third-order valence-corrected chi connectivity index (χ3v) is 13.0. The molecule has 0 aliphatic carbocycles. The Morgan fingerprint density at radius 1 is 0.361 bits per heavy atom. The maximum Gasteiger partial charge on any atom is 0.135 e. The lowest BCUT2D eigenvalue weighted by Gasteiger charge is -2.19. The van der Waals surface area contributed by atoms with Crippen molar-refractivity contribution in [3.63, 3.8) is 0 Å². The van der Waals surface area contributed by atoms with Gasteiger partial charge in [0.05, 0.1) is 62.9 Å². The first kappa shape index (κ1) is 59.0. The van der Waals surface area contributed by atoms with E-state index in [2.05, 4.69) is 53.7 Å². The van der Waals surface area contributed by atoms with Crippen molar-refractivity contribution in [1.82, 2.24) is 0 Å². The Labute approximate surface area is 436 Å². The molecule has 0 fully saturated rings. The summed E-state index contributed by atoms with van der Waals surface area (Å²) in [6, 6.07) is 25.0. The van der Waals surface area contributed by atoms with E-state index in [-0.39, 0.29) is 0 Å². The SMILES string of the molecule is CCCCCCOc1ccc(OCCCCCC)c(/C=C(\C#N)c2ccc3c(OCCCCCC)c(/C(C#N)=C/c4cc(OCCCCCC)ccc4OCCCCCC)ccc3c2OCCCCCC)c1. The number of nitrogens with zero attached hydrogens (tertiary/aromatic N) is 2. The van der Waals surface area contributed by atoms with Crippen molar-refractivity contribution in [1.29, 1.82) is 10.5 Å². The molecule has 392 valence electrons. The van der Waals surface area contributed by atoms with E-state index in [1.54, 1.807) is 0 Å². The summed E-state index contributed by atoms with van der Waals surface area (Å²) < 4.78 is 39.0. The lowest BCUT2D eigenvalue weighted by atomic mass is 9.94.